The summed E-state index contributed by atoms with van der Waals surface area (Å²) >= 11 is 3.13. The normalized spacial score (nSPS) is 24.2. The third-order valence-electron chi connectivity index (χ3n) is 2.45. The van der Waals surface area contributed by atoms with Crippen molar-refractivity contribution in [3.05, 3.63) is 33.4 Å². The van der Waals surface area contributed by atoms with E-state index in [0.29, 0.717) is 17.9 Å². The summed E-state index contributed by atoms with van der Waals surface area (Å²) in [6, 6.07) is 3.91. The van der Waals surface area contributed by atoms with Gasteiger partial charge in [-0.15, -0.1) is 23.1 Å². The van der Waals surface area contributed by atoms with E-state index in [1.807, 2.05) is 22.9 Å². The molecule has 2 rings (SSSR count). The first-order valence-corrected chi connectivity index (χ1v) is 6.93. The van der Waals surface area contributed by atoms with Crippen molar-refractivity contribution in [2.45, 2.75) is 12.5 Å². The van der Waals surface area contributed by atoms with Crippen molar-refractivity contribution in [2.75, 3.05) is 12.4 Å². The van der Waals surface area contributed by atoms with Crippen LogP contribution in [0.15, 0.2) is 28.5 Å². The molecule has 0 fully saturated rings. The van der Waals surface area contributed by atoms with Crippen LogP contribution in [-0.2, 0) is 15.1 Å². The summed E-state index contributed by atoms with van der Waals surface area (Å²) < 4.78 is 5.02. The summed E-state index contributed by atoms with van der Waals surface area (Å²) in [6.45, 7) is 2.17. The lowest BCUT2D eigenvalue weighted by Crippen LogP contribution is -2.41. The molecule has 0 radical (unpaired) electrons. The molecule has 2 heterocycles. The van der Waals surface area contributed by atoms with E-state index in [2.05, 4.69) is 0 Å². The zero-order valence-electron chi connectivity index (χ0n) is 8.93. The Morgan fingerprint density at radius 2 is 2.50 bits per heavy atom. The zero-order valence-corrected chi connectivity index (χ0v) is 10.6. The molecule has 5 heteroatoms. The summed E-state index contributed by atoms with van der Waals surface area (Å²) in [4.78, 5) is 12.8. The van der Waals surface area contributed by atoms with Crippen LogP contribution in [0.5, 0.6) is 0 Å². The van der Waals surface area contributed by atoms with Gasteiger partial charge in [0.1, 0.15) is 0 Å². The summed E-state index contributed by atoms with van der Waals surface area (Å²) in [6.07, 6.45) is 0. The number of ether oxygens (including phenoxy) is 1. The molecule has 1 atom stereocenters. The Morgan fingerprint density at radius 1 is 1.69 bits per heavy atom. The number of nitrogens with two attached hydrogens (primary N) is 1. The van der Waals surface area contributed by atoms with Crippen LogP contribution in [0.1, 0.15) is 11.8 Å². The topological polar surface area (TPSA) is 52.3 Å². The SMILES string of the molecule is CCOC(=O)C1=CSCC1(N)c1cccs1. The molecular weight excluding hydrogens is 242 g/mol. The van der Waals surface area contributed by atoms with E-state index in [-0.39, 0.29) is 5.97 Å². The number of carbonyl (C=O) groups is 1. The Bertz CT molecular complexity index is 414. The molecule has 2 N–H and O–H groups in total. The van der Waals surface area contributed by atoms with Crippen LogP contribution < -0.4 is 5.73 Å². The third-order valence-corrected chi connectivity index (χ3v) is 4.52. The summed E-state index contributed by atoms with van der Waals surface area (Å²) in [5, 5.41) is 3.79. The van der Waals surface area contributed by atoms with Crippen LogP contribution in [0.3, 0.4) is 0 Å². The monoisotopic (exact) mass is 255 g/mol. The van der Waals surface area contributed by atoms with Gasteiger partial charge in [0.05, 0.1) is 17.7 Å². The first-order valence-electron chi connectivity index (χ1n) is 5.00. The Morgan fingerprint density at radius 3 is 3.12 bits per heavy atom. The average molecular weight is 255 g/mol. The number of hydrogen-bond acceptors (Lipinski definition) is 5. The number of rotatable bonds is 3. The number of hydrogen-bond donors (Lipinski definition) is 1. The van der Waals surface area contributed by atoms with Crippen molar-refractivity contribution in [1.29, 1.82) is 0 Å². The first kappa shape index (κ1) is 11.7. The van der Waals surface area contributed by atoms with Crippen molar-refractivity contribution >= 4 is 29.1 Å². The van der Waals surface area contributed by atoms with Crippen molar-refractivity contribution < 1.29 is 9.53 Å². The molecule has 0 bridgehead atoms. The van der Waals surface area contributed by atoms with Gasteiger partial charge in [0, 0.05) is 10.6 Å². The second kappa shape index (κ2) is 4.61. The Labute approximate surface area is 103 Å². The molecule has 1 aliphatic rings. The largest absolute Gasteiger partial charge is 0.463 e. The molecule has 0 saturated carbocycles. The van der Waals surface area contributed by atoms with Gasteiger partial charge in [-0.2, -0.15) is 0 Å². The van der Waals surface area contributed by atoms with Crippen molar-refractivity contribution in [2.24, 2.45) is 5.73 Å². The third kappa shape index (κ3) is 1.90. The molecule has 16 heavy (non-hydrogen) atoms. The van der Waals surface area contributed by atoms with Gasteiger partial charge < -0.3 is 10.5 Å². The van der Waals surface area contributed by atoms with Crippen molar-refractivity contribution in [3.63, 3.8) is 0 Å². The lowest BCUT2D eigenvalue weighted by Gasteiger charge is -2.24. The molecule has 3 nitrogen and oxygen atoms in total. The van der Waals surface area contributed by atoms with Gasteiger partial charge in [-0.25, -0.2) is 4.79 Å². The summed E-state index contributed by atoms with van der Waals surface area (Å²) in [5.41, 5.74) is 6.22. The molecule has 1 aromatic rings. The predicted molar refractivity (Wildman–Crippen MR) is 67.4 cm³/mol. The van der Waals surface area contributed by atoms with E-state index in [4.69, 9.17) is 10.5 Å². The molecule has 0 amide bonds. The fraction of sp³-hybridized carbons (Fsp3) is 0.364. The lowest BCUT2D eigenvalue weighted by molar-refractivity contribution is -0.139. The van der Waals surface area contributed by atoms with Crippen LogP contribution >= 0.6 is 23.1 Å². The fourth-order valence-corrected chi connectivity index (χ4v) is 3.69. The second-order valence-corrected chi connectivity index (χ2v) is 5.32. The second-order valence-electron chi connectivity index (χ2n) is 3.51. The van der Waals surface area contributed by atoms with E-state index >= 15 is 0 Å². The molecule has 0 saturated heterocycles. The number of carbonyl (C=O) groups excluding carboxylic acids is 1. The maximum absolute atomic E-state index is 11.8. The molecular formula is C11H13NO2S2. The highest BCUT2D eigenvalue weighted by atomic mass is 32.2. The number of thioether (sulfide) groups is 1. The van der Waals surface area contributed by atoms with Crippen LogP contribution in [-0.4, -0.2) is 18.3 Å². The zero-order chi connectivity index (χ0) is 11.6. The Hall–Kier alpha value is -0.780. The van der Waals surface area contributed by atoms with E-state index < -0.39 is 5.54 Å². The molecule has 0 spiro atoms. The quantitative estimate of drug-likeness (QED) is 0.840. The van der Waals surface area contributed by atoms with Gasteiger partial charge in [0.2, 0.25) is 0 Å². The molecule has 1 aliphatic heterocycles. The minimum atomic E-state index is -0.676. The van der Waals surface area contributed by atoms with Gasteiger partial charge in [0.15, 0.2) is 0 Å². The van der Waals surface area contributed by atoms with Crippen LogP contribution in [0.25, 0.3) is 0 Å². The standard InChI is InChI=1S/C11H13NO2S2/c1-2-14-10(13)8-6-15-7-11(8,12)9-4-3-5-16-9/h3-6H,2,7,12H2,1H3. The van der Waals surface area contributed by atoms with Crippen LogP contribution in [0.4, 0.5) is 0 Å². The van der Waals surface area contributed by atoms with Gasteiger partial charge in [-0.3, -0.25) is 0 Å². The average Bonchev–Trinajstić information content (AvgIpc) is 2.86. The molecule has 0 aliphatic carbocycles. The van der Waals surface area contributed by atoms with E-state index in [0.717, 1.165) is 4.88 Å². The highest BCUT2D eigenvalue weighted by molar-refractivity contribution is 8.02. The minimum Gasteiger partial charge on any atom is -0.463 e. The Balaban J connectivity index is 2.29. The number of esters is 1. The van der Waals surface area contributed by atoms with E-state index in [1.54, 1.807) is 30.0 Å². The molecule has 0 aromatic carbocycles. The van der Waals surface area contributed by atoms with Gasteiger partial charge >= 0.3 is 5.97 Å². The molecule has 1 unspecified atom stereocenters. The highest BCUT2D eigenvalue weighted by Gasteiger charge is 2.41. The molecule has 1 aromatic heterocycles. The molecule has 86 valence electrons. The predicted octanol–water partition coefficient (Wildman–Crippen LogP) is 2.10. The lowest BCUT2D eigenvalue weighted by atomic mass is 9.92. The van der Waals surface area contributed by atoms with Crippen LogP contribution in [0, 0.1) is 0 Å². The summed E-state index contributed by atoms with van der Waals surface area (Å²) in [5.74, 6) is 0.394. The van der Waals surface area contributed by atoms with Gasteiger partial charge in [0.25, 0.3) is 0 Å². The van der Waals surface area contributed by atoms with E-state index in [9.17, 15) is 4.79 Å². The fourth-order valence-electron chi connectivity index (χ4n) is 1.61. The van der Waals surface area contributed by atoms with Crippen molar-refractivity contribution in [1.82, 2.24) is 0 Å². The van der Waals surface area contributed by atoms with Crippen LogP contribution in [0.2, 0.25) is 0 Å². The number of thiophene rings is 1. The first-order chi connectivity index (χ1) is 7.68. The van der Waals surface area contributed by atoms with Gasteiger partial charge in [-0.1, -0.05) is 6.07 Å². The maximum Gasteiger partial charge on any atom is 0.336 e. The smallest absolute Gasteiger partial charge is 0.336 e. The summed E-state index contributed by atoms with van der Waals surface area (Å²) in [7, 11) is 0. The van der Waals surface area contributed by atoms with E-state index in [1.165, 1.54) is 0 Å². The highest BCUT2D eigenvalue weighted by Crippen LogP contribution is 2.40. The minimum absolute atomic E-state index is 0.302. The van der Waals surface area contributed by atoms with Gasteiger partial charge in [-0.05, 0) is 23.8 Å². The van der Waals surface area contributed by atoms with Crippen molar-refractivity contribution in [3.8, 4) is 0 Å². The maximum atomic E-state index is 11.8. The Kier molecular flexibility index (Phi) is 3.37.